The number of carbonyl (C=O) groups is 2. The van der Waals surface area contributed by atoms with Crippen LogP contribution >= 0.6 is 0 Å². The van der Waals surface area contributed by atoms with Crippen molar-refractivity contribution in [2.45, 2.75) is 83.8 Å². The zero-order valence-corrected chi connectivity index (χ0v) is 21.8. The van der Waals surface area contributed by atoms with Gasteiger partial charge in [-0.3, -0.25) is 19.2 Å². The molecule has 6 nitrogen and oxygen atoms in total. The van der Waals surface area contributed by atoms with Gasteiger partial charge in [0.05, 0.1) is 12.2 Å². The fourth-order valence-corrected chi connectivity index (χ4v) is 5.45. The van der Waals surface area contributed by atoms with Gasteiger partial charge in [0.2, 0.25) is 5.91 Å². The molecule has 0 radical (unpaired) electrons. The molecule has 1 aromatic heterocycles. The third-order valence-electron chi connectivity index (χ3n) is 7.75. The summed E-state index contributed by atoms with van der Waals surface area (Å²) < 4.78 is 1.72. The van der Waals surface area contributed by atoms with Gasteiger partial charge in [0, 0.05) is 17.3 Å². The molecule has 1 atom stereocenters. The summed E-state index contributed by atoms with van der Waals surface area (Å²) in [5.74, 6) is 0.124. The molecule has 2 aliphatic rings. The number of carbonyl (C=O) groups excluding carboxylic acids is 2. The van der Waals surface area contributed by atoms with Crippen LogP contribution in [-0.4, -0.2) is 33.2 Å². The number of nitrogens with one attached hydrogen (secondary N) is 1. The highest BCUT2D eigenvalue weighted by Crippen LogP contribution is 2.35. The van der Waals surface area contributed by atoms with Crippen LogP contribution in [0.1, 0.15) is 80.4 Å². The van der Waals surface area contributed by atoms with E-state index in [1.807, 2.05) is 44.2 Å². The molecule has 2 amide bonds. The molecule has 6 heteroatoms. The van der Waals surface area contributed by atoms with E-state index in [-0.39, 0.29) is 17.9 Å². The Morgan fingerprint density at radius 1 is 1.03 bits per heavy atom. The monoisotopic (exact) mass is 484 g/mol. The van der Waals surface area contributed by atoms with E-state index in [9.17, 15) is 9.59 Å². The SMILES string of the molecule is Cc1ccc(N2C(=O)c3cc(-c4ccc(C(C)C)cc4)nn3C[C@]2(C)C(=O)NC2CCCCC2)cc1. The maximum atomic E-state index is 14.0. The zero-order valence-electron chi connectivity index (χ0n) is 21.8. The topological polar surface area (TPSA) is 67.2 Å². The van der Waals surface area contributed by atoms with Crippen molar-refractivity contribution < 1.29 is 9.59 Å². The van der Waals surface area contributed by atoms with Gasteiger partial charge in [0.25, 0.3) is 5.91 Å². The first kappa shape index (κ1) is 24.3. The largest absolute Gasteiger partial charge is 0.351 e. The van der Waals surface area contributed by atoms with Crippen molar-refractivity contribution in [3.8, 4) is 11.3 Å². The van der Waals surface area contributed by atoms with Crippen LogP contribution in [0.3, 0.4) is 0 Å². The molecule has 1 aliphatic carbocycles. The number of fused-ring (bicyclic) bond motifs is 1. The molecular formula is C30H36N4O2. The Morgan fingerprint density at radius 2 is 1.69 bits per heavy atom. The number of aromatic nitrogens is 2. The number of nitrogens with zero attached hydrogens (tertiary/aromatic N) is 3. The standard InChI is InChI=1S/C30H36N4O2/c1-20(2)22-12-14-23(15-13-22)26-18-27-28(35)34(25-16-10-21(3)11-17-25)30(4,19-33(27)32-26)29(36)31-24-8-6-5-7-9-24/h10-18,20,24H,5-9,19H2,1-4H3,(H,31,36)/t30-/m1/s1. The number of benzene rings is 2. The second-order valence-electron chi connectivity index (χ2n) is 10.9. The molecule has 2 heterocycles. The van der Waals surface area contributed by atoms with Gasteiger partial charge in [0.15, 0.2) is 0 Å². The lowest BCUT2D eigenvalue weighted by molar-refractivity contribution is -0.127. The maximum absolute atomic E-state index is 14.0. The molecule has 1 fully saturated rings. The second-order valence-corrected chi connectivity index (χ2v) is 10.9. The van der Waals surface area contributed by atoms with E-state index in [2.05, 4.69) is 43.4 Å². The Bertz CT molecular complexity index is 1250. The smallest absolute Gasteiger partial charge is 0.277 e. The fourth-order valence-electron chi connectivity index (χ4n) is 5.45. The second kappa shape index (κ2) is 9.57. The van der Waals surface area contributed by atoms with Crippen LogP contribution < -0.4 is 10.2 Å². The summed E-state index contributed by atoms with van der Waals surface area (Å²) in [6.45, 7) is 8.52. The van der Waals surface area contributed by atoms with Crippen molar-refractivity contribution in [2.75, 3.05) is 4.90 Å². The van der Waals surface area contributed by atoms with Gasteiger partial charge >= 0.3 is 0 Å². The Morgan fingerprint density at radius 3 is 2.33 bits per heavy atom. The number of hydrogen-bond acceptors (Lipinski definition) is 3. The van der Waals surface area contributed by atoms with E-state index in [0.717, 1.165) is 48.2 Å². The van der Waals surface area contributed by atoms with Crippen LogP contribution in [0.2, 0.25) is 0 Å². The normalized spacial score (nSPS) is 20.5. The molecule has 1 saturated carbocycles. The number of hydrogen-bond donors (Lipinski definition) is 1. The van der Waals surface area contributed by atoms with Gasteiger partial charge < -0.3 is 5.32 Å². The van der Waals surface area contributed by atoms with Crippen LogP contribution in [0.5, 0.6) is 0 Å². The van der Waals surface area contributed by atoms with E-state index in [1.54, 1.807) is 9.58 Å². The average Bonchev–Trinajstić information content (AvgIpc) is 3.30. The van der Waals surface area contributed by atoms with Crippen molar-refractivity contribution in [1.82, 2.24) is 15.1 Å². The van der Waals surface area contributed by atoms with Crippen LogP contribution in [0.15, 0.2) is 54.6 Å². The van der Waals surface area contributed by atoms with Crippen molar-refractivity contribution in [1.29, 1.82) is 0 Å². The molecule has 36 heavy (non-hydrogen) atoms. The molecule has 1 N–H and O–H groups in total. The first-order valence-electron chi connectivity index (χ1n) is 13.2. The number of anilines is 1. The first-order valence-corrected chi connectivity index (χ1v) is 13.2. The molecule has 1 aliphatic heterocycles. The maximum Gasteiger partial charge on any atom is 0.277 e. The van der Waals surface area contributed by atoms with E-state index in [1.165, 1.54) is 12.0 Å². The van der Waals surface area contributed by atoms with Crippen molar-refractivity contribution in [2.24, 2.45) is 0 Å². The van der Waals surface area contributed by atoms with Gasteiger partial charge in [-0.1, -0.05) is 75.1 Å². The minimum absolute atomic E-state index is 0.118. The summed E-state index contributed by atoms with van der Waals surface area (Å²) in [5, 5.41) is 8.07. The first-order chi connectivity index (χ1) is 17.3. The van der Waals surface area contributed by atoms with Crippen molar-refractivity contribution in [3.63, 3.8) is 0 Å². The summed E-state index contributed by atoms with van der Waals surface area (Å²) in [5.41, 5.74) is 4.20. The lowest BCUT2D eigenvalue weighted by atomic mass is 9.91. The lowest BCUT2D eigenvalue weighted by Gasteiger charge is -2.44. The summed E-state index contributed by atoms with van der Waals surface area (Å²) in [6.07, 6.45) is 5.46. The van der Waals surface area contributed by atoms with Crippen molar-refractivity contribution in [3.05, 3.63) is 71.4 Å². The van der Waals surface area contributed by atoms with E-state index < -0.39 is 5.54 Å². The Hall–Kier alpha value is -3.41. The number of aryl methyl sites for hydroxylation is 1. The van der Waals surface area contributed by atoms with Crippen LogP contribution in [0.4, 0.5) is 5.69 Å². The summed E-state index contributed by atoms with van der Waals surface area (Å²) in [7, 11) is 0. The van der Waals surface area contributed by atoms with Gasteiger partial charge in [0.1, 0.15) is 11.2 Å². The molecular weight excluding hydrogens is 448 g/mol. The van der Waals surface area contributed by atoms with Crippen LogP contribution in [0.25, 0.3) is 11.3 Å². The third-order valence-corrected chi connectivity index (χ3v) is 7.75. The molecule has 3 aromatic rings. The molecule has 5 rings (SSSR count). The summed E-state index contributed by atoms with van der Waals surface area (Å²) >= 11 is 0. The molecule has 0 spiro atoms. The van der Waals surface area contributed by atoms with Gasteiger partial charge in [-0.15, -0.1) is 0 Å². The summed E-state index contributed by atoms with van der Waals surface area (Å²) in [6, 6.07) is 18.2. The van der Waals surface area contributed by atoms with Crippen molar-refractivity contribution >= 4 is 17.5 Å². The van der Waals surface area contributed by atoms with E-state index >= 15 is 0 Å². The zero-order chi connectivity index (χ0) is 25.4. The molecule has 188 valence electrons. The van der Waals surface area contributed by atoms with E-state index in [0.29, 0.717) is 18.2 Å². The molecule has 0 saturated heterocycles. The Labute approximate surface area is 213 Å². The highest BCUT2D eigenvalue weighted by Gasteiger charge is 2.49. The Kier molecular flexibility index (Phi) is 6.45. The fraction of sp³-hybridized carbons (Fsp3) is 0.433. The molecule has 2 aromatic carbocycles. The lowest BCUT2D eigenvalue weighted by Crippen LogP contribution is -2.65. The van der Waals surface area contributed by atoms with Crippen LogP contribution in [-0.2, 0) is 11.3 Å². The Balaban J connectivity index is 1.53. The number of amides is 2. The van der Waals surface area contributed by atoms with Crippen LogP contribution in [0, 0.1) is 6.92 Å². The predicted octanol–water partition coefficient (Wildman–Crippen LogP) is 5.85. The minimum atomic E-state index is -1.10. The molecule has 0 unspecified atom stereocenters. The third kappa shape index (κ3) is 4.45. The minimum Gasteiger partial charge on any atom is -0.351 e. The van der Waals surface area contributed by atoms with Gasteiger partial charge in [-0.2, -0.15) is 5.10 Å². The number of rotatable bonds is 5. The quantitative estimate of drug-likeness (QED) is 0.494. The molecule has 0 bridgehead atoms. The van der Waals surface area contributed by atoms with Gasteiger partial charge in [-0.05, 0) is 56.4 Å². The average molecular weight is 485 g/mol. The van der Waals surface area contributed by atoms with E-state index in [4.69, 9.17) is 5.10 Å². The predicted molar refractivity (Wildman–Crippen MR) is 143 cm³/mol. The highest BCUT2D eigenvalue weighted by molar-refractivity contribution is 6.12. The highest BCUT2D eigenvalue weighted by atomic mass is 16.2. The van der Waals surface area contributed by atoms with Gasteiger partial charge in [-0.25, -0.2) is 0 Å². The summed E-state index contributed by atoms with van der Waals surface area (Å²) in [4.78, 5) is 29.5.